The van der Waals surface area contributed by atoms with Crippen LogP contribution in [-0.2, 0) is 79.8 Å². The van der Waals surface area contributed by atoms with E-state index in [9.17, 15) is 19.2 Å². The van der Waals surface area contributed by atoms with Gasteiger partial charge >= 0.3 is 17.9 Å². The van der Waals surface area contributed by atoms with Crippen LogP contribution < -0.4 is 5.32 Å². The van der Waals surface area contributed by atoms with Gasteiger partial charge in [0, 0.05) is 32.8 Å². The highest BCUT2D eigenvalue weighted by molar-refractivity contribution is 5.78. The molecule has 1 unspecified atom stereocenters. The van der Waals surface area contributed by atoms with E-state index in [-0.39, 0.29) is 26.4 Å². The van der Waals surface area contributed by atoms with E-state index in [0.29, 0.717) is 0 Å². The first-order chi connectivity index (χ1) is 27.1. The molecule has 15 heteroatoms. The monoisotopic (exact) mass is 776 g/mol. The smallest absolute Gasteiger partial charge is 0.303 e. The summed E-state index contributed by atoms with van der Waals surface area (Å²) in [6.07, 6.45) is -6.91. The van der Waals surface area contributed by atoms with E-state index in [1.54, 1.807) is 6.42 Å². The molecule has 3 heterocycles. The number of nitrogens with one attached hydrogen (secondary N) is 1. The van der Waals surface area contributed by atoms with Gasteiger partial charge in [-0.05, 0) is 11.1 Å². The van der Waals surface area contributed by atoms with E-state index < -0.39 is 92.0 Å². The van der Waals surface area contributed by atoms with Crippen LogP contribution in [0, 0.1) is 6.42 Å². The van der Waals surface area contributed by atoms with Crippen LogP contribution in [0.5, 0.6) is 0 Å². The van der Waals surface area contributed by atoms with Gasteiger partial charge in [0.05, 0.1) is 25.9 Å². The fourth-order valence-electron chi connectivity index (χ4n) is 6.57. The molecule has 6 rings (SSSR count). The lowest BCUT2D eigenvalue weighted by molar-refractivity contribution is -0.326. The number of esters is 3. The van der Waals surface area contributed by atoms with Crippen molar-refractivity contribution in [1.29, 1.82) is 0 Å². The number of rotatable bonds is 15. The Bertz CT molecular complexity index is 1730. The Hall–Kier alpha value is -4.74. The van der Waals surface area contributed by atoms with Crippen LogP contribution in [0.25, 0.3) is 0 Å². The molecule has 0 spiro atoms. The van der Waals surface area contributed by atoms with E-state index in [2.05, 4.69) is 5.32 Å². The summed E-state index contributed by atoms with van der Waals surface area (Å²) in [7, 11) is 0. The van der Waals surface area contributed by atoms with E-state index in [4.69, 9.17) is 47.4 Å². The van der Waals surface area contributed by atoms with Crippen molar-refractivity contribution in [3.8, 4) is 0 Å². The Morgan fingerprint density at radius 3 is 1.93 bits per heavy atom. The Morgan fingerprint density at radius 1 is 0.696 bits per heavy atom. The molecular formula is C41H46NO14. The van der Waals surface area contributed by atoms with Gasteiger partial charge in [-0.1, -0.05) is 91.0 Å². The number of amides is 1. The molecule has 56 heavy (non-hydrogen) atoms. The first-order valence-electron chi connectivity index (χ1n) is 18.3. The van der Waals surface area contributed by atoms with Crippen LogP contribution in [0.3, 0.4) is 0 Å². The zero-order chi connectivity index (χ0) is 39.4. The normalized spacial score (nSPS) is 28.6. The van der Waals surface area contributed by atoms with Gasteiger partial charge in [-0.2, -0.15) is 0 Å². The third kappa shape index (κ3) is 11.4. The van der Waals surface area contributed by atoms with Crippen LogP contribution in [-0.4, -0.2) is 98.9 Å². The Morgan fingerprint density at radius 2 is 1.30 bits per heavy atom. The maximum Gasteiger partial charge on any atom is 0.303 e. The van der Waals surface area contributed by atoms with Crippen molar-refractivity contribution in [2.45, 2.75) is 95.5 Å². The molecule has 3 aromatic rings. The molecule has 3 saturated heterocycles. The first kappa shape index (κ1) is 40.9. The minimum Gasteiger partial charge on any atom is -0.463 e. The van der Waals surface area contributed by atoms with Crippen LogP contribution >= 0.6 is 0 Å². The Balaban J connectivity index is 1.20. The summed E-state index contributed by atoms with van der Waals surface area (Å²) in [5.74, 6) is -2.71. The van der Waals surface area contributed by atoms with E-state index in [1.165, 1.54) is 20.8 Å². The van der Waals surface area contributed by atoms with E-state index >= 15 is 0 Å². The van der Waals surface area contributed by atoms with Crippen molar-refractivity contribution in [2.24, 2.45) is 0 Å². The third-order valence-corrected chi connectivity index (χ3v) is 9.06. The lowest BCUT2D eigenvalue weighted by Crippen LogP contribution is -2.67. The van der Waals surface area contributed by atoms with E-state index in [1.807, 2.05) is 91.0 Å². The third-order valence-electron chi connectivity index (χ3n) is 9.06. The molecule has 0 aliphatic carbocycles. The molecule has 15 nitrogen and oxygen atoms in total. The zero-order valence-electron chi connectivity index (χ0n) is 31.3. The standard InChI is InChI=1S/C41H46NO14/c1-25(43)47-22-33-38(52-26(2)44)39(53-27(3)45)36(41(55-33)50-21-29-15-9-5-10-16-29)42-34(46)24-48-31-19-35(49-20-28-13-7-4-8-14-28)54-32-23-51-40(56-37(31)32)30-17-11-6-12-18-30/h4-19,31-33,35-41H,20-24H2,1-3H3,(H,42,46)/t31-,32-,33-,35+,36+,37+,38-,39-,40?,41+/m1/s1. The number of benzene rings is 3. The number of hydrogen-bond donors (Lipinski definition) is 1. The van der Waals surface area contributed by atoms with Gasteiger partial charge in [0.25, 0.3) is 0 Å². The Kier molecular flexibility index (Phi) is 14.5. The van der Waals surface area contributed by atoms with Crippen molar-refractivity contribution >= 4 is 23.8 Å². The summed E-state index contributed by atoms with van der Waals surface area (Å²) >= 11 is 0. The molecule has 3 aliphatic heterocycles. The molecule has 299 valence electrons. The minimum absolute atomic E-state index is 0.0339. The second-order valence-electron chi connectivity index (χ2n) is 13.4. The number of fused-ring (bicyclic) bond motifs is 1. The molecule has 1 amide bonds. The van der Waals surface area contributed by atoms with Crippen molar-refractivity contribution < 1.29 is 66.5 Å². The summed E-state index contributed by atoms with van der Waals surface area (Å²) in [6.45, 7) is 3.16. The van der Waals surface area contributed by atoms with Gasteiger partial charge in [-0.15, -0.1) is 0 Å². The van der Waals surface area contributed by atoms with Crippen molar-refractivity contribution in [3.05, 3.63) is 114 Å². The van der Waals surface area contributed by atoms with Crippen molar-refractivity contribution in [3.63, 3.8) is 0 Å². The molecule has 3 fully saturated rings. The first-order valence-corrected chi connectivity index (χ1v) is 18.3. The zero-order valence-corrected chi connectivity index (χ0v) is 31.3. The van der Waals surface area contributed by atoms with Crippen LogP contribution in [0.4, 0.5) is 0 Å². The summed E-state index contributed by atoms with van der Waals surface area (Å²) in [5, 5.41) is 2.82. The van der Waals surface area contributed by atoms with Crippen LogP contribution in [0.1, 0.15) is 43.8 Å². The van der Waals surface area contributed by atoms with Gasteiger partial charge in [0.1, 0.15) is 37.6 Å². The molecule has 0 saturated carbocycles. The number of ether oxygens (including phenoxy) is 10. The highest BCUT2D eigenvalue weighted by atomic mass is 16.8. The van der Waals surface area contributed by atoms with Crippen molar-refractivity contribution in [1.82, 2.24) is 5.32 Å². The predicted octanol–water partition coefficient (Wildman–Crippen LogP) is 3.48. The largest absolute Gasteiger partial charge is 0.463 e. The van der Waals surface area contributed by atoms with Crippen molar-refractivity contribution in [2.75, 3.05) is 19.8 Å². The predicted molar refractivity (Wildman–Crippen MR) is 194 cm³/mol. The molecule has 10 atom stereocenters. The van der Waals surface area contributed by atoms with Gasteiger partial charge in [-0.25, -0.2) is 0 Å². The summed E-state index contributed by atoms with van der Waals surface area (Å²) in [4.78, 5) is 50.4. The Labute approximate surface area is 324 Å². The topological polar surface area (TPSA) is 173 Å². The molecule has 0 bridgehead atoms. The fourth-order valence-corrected chi connectivity index (χ4v) is 6.57. The fraction of sp³-hybridized carbons (Fsp3) is 0.439. The van der Waals surface area contributed by atoms with Gasteiger partial charge < -0.3 is 52.7 Å². The highest BCUT2D eigenvalue weighted by Gasteiger charge is 2.52. The number of hydrogen-bond acceptors (Lipinski definition) is 14. The molecule has 0 aromatic heterocycles. The summed E-state index contributed by atoms with van der Waals surface area (Å²) in [6, 6.07) is 27.0. The molecule has 3 aromatic carbocycles. The minimum atomic E-state index is -1.32. The molecule has 1 N–H and O–H groups in total. The van der Waals surface area contributed by atoms with Crippen LogP contribution in [0.15, 0.2) is 91.0 Å². The maximum atomic E-state index is 13.9. The SMILES string of the molecule is CC(=O)OC[C@H]1O[C@H](OCc2ccccc2)[C@@H](NC(=O)CO[C@@H]2[CH][C@@H](OCc3ccccc3)O[C@@H]3COC(c4ccccc4)O[C@@H]23)[C@@H](OC(C)=O)[C@@H]1OC(C)=O. The quantitative estimate of drug-likeness (QED) is 0.176. The highest BCUT2D eigenvalue weighted by Crippen LogP contribution is 2.35. The lowest BCUT2D eigenvalue weighted by atomic mass is 9.96. The average molecular weight is 777 g/mol. The van der Waals surface area contributed by atoms with Crippen LogP contribution in [0.2, 0.25) is 0 Å². The second kappa shape index (κ2) is 19.9. The van der Waals surface area contributed by atoms with Gasteiger partial charge in [-0.3, -0.25) is 19.2 Å². The molecule has 1 radical (unpaired) electrons. The lowest BCUT2D eigenvalue weighted by Gasteiger charge is -2.46. The summed E-state index contributed by atoms with van der Waals surface area (Å²) in [5.41, 5.74) is 2.52. The number of carbonyl (C=O) groups excluding carboxylic acids is 4. The van der Waals surface area contributed by atoms with Gasteiger partial charge in [0.2, 0.25) is 5.91 Å². The number of carbonyl (C=O) groups is 4. The second-order valence-corrected chi connectivity index (χ2v) is 13.4. The van der Waals surface area contributed by atoms with Gasteiger partial charge in [0.15, 0.2) is 31.1 Å². The summed E-state index contributed by atoms with van der Waals surface area (Å²) < 4.78 is 59.7. The molecule has 3 aliphatic rings. The maximum absolute atomic E-state index is 13.9. The molecular weight excluding hydrogens is 730 g/mol. The van der Waals surface area contributed by atoms with E-state index in [0.717, 1.165) is 16.7 Å². The average Bonchev–Trinajstić information content (AvgIpc) is 3.20.